The van der Waals surface area contributed by atoms with Crippen molar-refractivity contribution in [2.45, 2.75) is 31.4 Å². The Balaban J connectivity index is 1.86. The fourth-order valence-electron chi connectivity index (χ4n) is 4.55. The van der Waals surface area contributed by atoms with Crippen molar-refractivity contribution in [2.24, 2.45) is 7.05 Å². The number of carbonyl (C=O) groups excluding carboxylic acids is 1. The van der Waals surface area contributed by atoms with Crippen molar-refractivity contribution >= 4 is 5.91 Å². The van der Waals surface area contributed by atoms with Gasteiger partial charge in [-0.25, -0.2) is 4.98 Å². The predicted octanol–water partition coefficient (Wildman–Crippen LogP) is 4.01. The Bertz CT molecular complexity index is 913. The molecule has 2 heterocycles. The van der Waals surface area contributed by atoms with Crippen LogP contribution in [-0.2, 0) is 17.4 Å². The van der Waals surface area contributed by atoms with E-state index >= 15 is 0 Å². The van der Waals surface area contributed by atoms with Gasteiger partial charge in [-0.15, -0.1) is 0 Å². The van der Waals surface area contributed by atoms with Gasteiger partial charge in [0.05, 0.1) is 6.04 Å². The van der Waals surface area contributed by atoms with Crippen molar-refractivity contribution in [1.82, 2.24) is 14.5 Å². The summed E-state index contributed by atoms with van der Waals surface area (Å²) in [4.78, 5) is 19.7. The fraction of sp³-hybridized carbons (Fsp3) is 0.333. The molecule has 1 aliphatic rings. The summed E-state index contributed by atoms with van der Waals surface area (Å²) in [5, 5.41) is 0. The van der Waals surface area contributed by atoms with Crippen molar-refractivity contribution in [1.29, 1.82) is 0 Å². The topological polar surface area (TPSA) is 47.4 Å². The van der Waals surface area contributed by atoms with Gasteiger partial charge < -0.3 is 14.2 Å². The second kappa shape index (κ2) is 8.21. The first-order valence-corrected chi connectivity index (χ1v) is 10.2. The highest BCUT2D eigenvalue weighted by molar-refractivity contribution is 5.91. The molecule has 0 unspecified atom stereocenters. The smallest absolute Gasteiger partial charge is 0.290 e. The van der Waals surface area contributed by atoms with Crippen LogP contribution in [0, 0.1) is 0 Å². The Morgan fingerprint density at radius 3 is 2.24 bits per heavy atom. The van der Waals surface area contributed by atoms with E-state index in [0.717, 1.165) is 24.0 Å². The van der Waals surface area contributed by atoms with E-state index in [9.17, 15) is 4.79 Å². The second-order valence-corrected chi connectivity index (χ2v) is 7.42. The van der Waals surface area contributed by atoms with Crippen LogP contribution in [0.25, 0.3) is 0 Å². The lowest BCUT2D eigenvalue weighted by Crippen LogP contribution is -2.52. The number of ether oxygens (including phenoxy) is 1. The van der Waals surface area contributed by atoms with Crippen LogP contribution in [0.1, 0.15) is 41.5 Å². The first-order chi connectivity index (χ1) is 14.2. The minimum absolute atomic E-state index is 0.0454. The lowest BCUT2D eigenvalue weighted by molar-refractivity contribution is -0.0598. The molecule has 0 aliphatic carbocycles. The molecule has 0 spiro atoms. The molecule has 0 saturated carbocycles. The van der Waals surface area contributed by atoms with Crippen molar-refractivity contribution in [3.8, 4) is 0 Å². The molecule has 1 amide bonds. The van der Waals surface area contributed by atoms with Crippen LogP contribution in [-0.4, -0.2) is 39.6 Å². The van der Waals surface area contributed by atoms with E-state index < -0.39 is 5.60 Å². The van der Waals surface area contributed by atoms with Gasteiger partial charge in [0.15, 0.2) is 5.82 Å². The van der Waals surface area contributed by atoms with E-state index in [-0.39, 0.29) is 11.9 Å². The largest absolute Gasteiger partial charge is 0.364 e. The lowest BCUT2D eigenvalue weighted by Gasteiger charge is -2.43. The van der Waals surface area contributed by atoms with E-state index in [1.54, 1.807) is 10.8 Å². The number of benzene rings is 2. The summed E-state index contributed by atoms with van der Waals surface area (Å²) in [5.41, 5.74) is 1.41. The highest BCUT2D eigenvalue weighted by Crippen LogP contribution is 2.43. The first kappa shape index (κ1) is 19.4. The summed E-state index contributed by atoms with van der Waals surface area (Å²) in [6, 6.07) is 20.4. The molecule has 2 aromatic carbocycles. The number of rotatable bonds is 6. The molecule has 3 aromatic rings. The van der Waals surface area contributed by atoms with Gasteiger partial charge in [-0.1, -0.05) is 60.7 Å². The fourth-order valence-corrected chi connectivity index (χ4v) is 4.55. The average molecular weight is 389 g/mol. The second-order valence-electron chi connectivity index (χ2n) is 7.42. The Morgan fingerprint density at radius 2 is 1.72 bits per heavy atom. The van der Waals surface area contributed by atoms with Crippen LogP contribution in [0.4, 0.5) is 0 Å². The van der Waals surface area contributed by atoms with Crippen LogP contribution in [0.15, 0.2) is 73.1 Å². The monoisotopic (exact) mass is 389 g/mol. The molecule has 5 nitrogen and oxygen atoms in total. The zero-order valence-corrected chi connectivity index (χ0v) is 17.0. The summed E-state index contributed by atoms with van der Waals surface area (Å²) >= 11 is 0. The number of nitrogens with zero attached hydrogens (tertiary/aromatic N) is 3. The quantitative estimate of drug-likeness (QED) is 0.640. The van der Waals surface area contributed by atoms with Crippen LogP contribution in [0.2, 0.25) is 0 Å². The molecule has 1 aliphatic heterocycles. The molecular formula is C24H27N3O2. The number of aryl methyl sites for hydroxylation is 1. The number of likely N-dealkylation sites (tertiary alicyclic amines) is 1. The first-order valence-electron chi connectivity index (χ1n) is 10.2. The highest BCUT2D eigenvalue weighted by Gasteiger charge is 2.49. The van der Waals surface area contributed by atoms with Gasteiger partial charge in [0.1, 0.15) is 5.60 Å². The molecule has 0 bridgehead atoms. The minimum Gasteiger partial charge on any atom is -0.364 e. The van der Waals surface area contributed by atoms with E-state index in [0.29, 0.717) is 19.0 Å². The van der Waals surface area contributed by atoms with Gasteiger partial charge >= 0.3 is 0 Å². The number of aromatic nitrogens is 2. The maximum absolute atomic E-state index is 13.4. The molecule has 0 radical (unpaired) electrons. The van der Waals surface area contributed by atoms with Gasteiger partial charge in [-0.3, -0.25) is 4.79 Å². The van der Waals surface area contributed by atoms with Crippen molar-refractivity contribution in [3.63, 3.8) is 0 Å². The van der Waals surface area contributed by atoms with Crippen LogP contribution < -0.4 is 0 Å². The van der Waals surface area contributed by atoms with Crippen LogP contribution >= 0.6 is 0 Å². The third kappa shape index (κ3) is 3.36. The maximum Gasteiger partial charge on any atom is 0.290 e. The SMILES string of the molecule is CCOC(c1ccccc1)(c1ccccc1)[C@@H]1CCCN1C(=O)c1nccn1C. The van der Waals surface area contributed by atoms with E-state index in [4.69, 9.17) is 4.74 Å². The predicted molar refractivity (Wildman–Crippen MR) is 113 cm³/mol. The van der Waals surface area contributed by atoms with Gasteiger partial charge in [0.25, 0.3) is 5.91 Å². The molecule has 1 fully saturated rings. The van der Waals surface area contributed by atoms with Crippen LogP contribution in [0.5, 0.6) is 0 Å². The Kier molecular flexibility index (Phi) is 5.49. The van der Waals surface area contributed by atoms with Crippen molar-refractivity contribution < 1.29 is 9.53 Å². The summed E-state index contributed by atoms with van der Waals surface area (Å²) in [5.74, 6) is 0.416. The Labute approximate surface area is 171 Å². The van der Waals surface area contributed by atoms with Gasteiger partial charge in [0.2, 0.25) is 0 Å². The maximum atomic E-state index is 13.4. The third-order valence-corrected chi connectivity index (χ3v) is 5.77. The molecule has 1 saturated heterocycles. The number of amides is 1. The summed E-state index contributed by atoms with van der Waals surface area (Å²) < 4.78 is 8.38. The molecule has 5 heteroatoms. The molecule has 1 aromatic heterocycles. The number of imidazole rings is 1. The summed E-state index contributed by atoms with van der Waals surface area (Å²) in [7, 11) is 1.86. The Hall–Kier alpha value is -2.92. The molecule has 0 N–H and O–H groups in total. The summed E-state index contributed by atoms with van der Waals surface area (Å²) in [6.45, 7) is 3.26. The standard InChI is InChI=1S/C24H27N3O2/c1-3-29-24(19-11-6-4-7-12-19,20-13-8-5-9-14-20)21-15-10-17-27(21)23(28)22-25-16-18-26(22)2/h4-9,11-14,16,18,21H,3,10,15,17H2,1-2H3/t21-/m0/s1. The zero-order chi connectivity index (χ0) is 20.3. The molecule has 150 valence electrons. The van der Waals surface area contributed by atoms with Gasteiger partial charge in [0, 0.05) is 32.6 Å². The molecule has 4 rings (SSSR count). The Morgan fingerprint density at radius 1 is 1.10 bits per heavy atom. The molecule has 1 atom stereocenters. The lowest BCUT2D eigenvalue weighted by atomic mass is 9.78. The van der Waals surface area contributed by atoms with Crippen molar-refractivity contribution in [3.05, 3.63) is 90.0 Å². The van der Waals surface area contributed by atoms with Crippen LogP contribution in [0.3, 0.4) is 0 Å². The average Bonchev–Trinajstić information content (AvgIpc) is 3.42. The number of hydrogen-bond acceptors (Lipinski definition) is 3. The molecule has 29 heavy (non-hydrogen) atoms. The zero-order valence-electron chi connectivity index (χ0n) is 17.0. The van der Waals surface area contributed by atoms with Gasteiger partial charge in [-0.2, -0.15) is 0 Å². The summed E-state index contributed by atoms with van der Waals surface area (Å²) in [6.07, 6.45) is 5.29. The van der Waals surface area contributed by atoms with E-state index in [1.807, 2.05) is 61.5 Å². The van der Waals surface area contributed by atoms with Gasteiger partial charge in [-0.05, 0) is 30.9 Å². The highest BCUT2D eigenvalue weighted by atomic mass is 16.5. The third-order valence-electron chi connectivity index (χ3n) is 5.77. The van der Waals surface area contributed by atoms with E-state index in [1.165, 1.54) is 0 Å². The number of hydrogen-bond donors (Lipinski definition) is 0. The minimum atomic E-state index is -0.728. The molecular weight excluding hydrogens is 362 g/mol. The van der Waals surface area contributed by atoms with Crippen molar-refractivity contribution in [2.75, 3.05) is 13.2 Å². The number of carbonyl (C=O) groups is 1. The van der Waals surface area contributed by atoms with E-state index in [2.05, 4.69) is 29.2 Å². The normalized spacial score (nSPS) is 16.9.